The number of aryl methyl sites for hydroxylation is 1. The summed E-state index contributed by atoms with van der Waals surface area (Å²) in [6, 6.07) is 50.7. The third-order valence-corrected chi connectivity index (χ3v) is 13.3. The molecular formula is C48H43BN2. The molecule has 10 rings (SSSR count). The number of para-hydroxylation sites is 2. The average Bonchev–Trinajstić information content (AvgIpc) is 3.83. The van der Waals surface area contributed by atoms with E-state index in [2.05, 4.69) is 173 Å². The number of hydrogen-bond donors (Lipinski definition) is 0. The summed E-state index contributed by atoms with van der Waals surface area (Å²) in [6.07, 6.45) is 3.31. The van der Waals surface area contributed by atoms with Crippen LogP contribution in [0.25, 0.3) is 50.1 Å². The molecule has 1 aromatic heterocycles. The van der Waals surface area contributed by atoms with Crippen molar-refractivity contribution in [3.63, 3.8) is 0 Å². The minimum absolute atomic E-state index is 0.300. The van der Waals surface area contributed by atoms with Gasteiger partial charge in [0, 0.05) is 12.1 Å². The minimum atomic E-state index is -0.374. The molecule has 3 aliphatic rings. The topological polar surface area (TPSA) is 17.8 Å². The van der Waals surface area contributed by atoms with Crippen molar-refractivity contribution >= 4 is 23.2 Å². The Balaban J connectivity index is 1.19. The van der Waals surface area contributed by atoms with Gasteiger partial charge in [-0.05, 0) is 96.8 Å². The highest BCUT2D eigenvalue weighted by Crippen LogP contribution is 2.63. The quantitative estimate of drug-likeness (QED) is 0.172. The van der Waals surface area contributed by atoms with Crippen molar-refractivity contribution in [1.29, 1.82) is 0 Å². The van der Waals surface area contributed by atoms with Crippen LogP contribution in [0.5, 0.6) is 0 Å². The van der Waals surface area contributed by atoms with Crippen molar-refractivity contribution in [1.82, 2.24) is 9.55 Å². The van der Waals surface area contributed by atoms with Gasteiger partial charge in [-0.25, -0.2) is 4.98 Å². The molecule has 0 amide bonds. The summed E-state index contributed by atoms with van der Waals surface area (Å²) in [5.41, 5.74) is 18.6. The molecule has 1 spiro atoms. The second-order valence-corrected chi connectivity index (χ2v) is 16.5. The first-order valence-electron chi connectivity index (χ1n) is 18.8. The molecule has 0 bridgehead atoms. The monoisotopic (exact) mass is 658 g/mol. The largest absolute Gasteiger partial charge is 0.296 e. The van der Waals surface area contributed by atoms with E-state index >= 15 is 0 Å². The van der Waals surface area contributed by atoms with Gasteiger partial charge < -0.3 is 0 Å². The Morgan fingerprint density at radius 2 is 1.16 bits per heavy atom. The lowest BCUT2D eigenvalue weighted by molar-refractivity contribution is 0.177. The van der Waals surface area contributed by atoms with Gasteiger partial charge in [0.15, 0.2) is 6.71 Å². The van der Waals surface area contributed by atoms with E-state index in [1.165, 1.54) is 73.7 Å². The molecule has 2 heterocycles. The number of nitrogens with zero attached hydrogens (tertiary/aromatic N) is 2. The van der Waals surface area contributed by atoms with Crippen LogP contribution in [0.3, 0.4) is 0 Å². The first kappa shape index (κ1) is 30.7. The zero-order valence-corrected chi connectivity index (χ0v) is 30.3. The molecule has 0 N–H and O–H groups in total. The third-order valence-electron chi connectivity index (χ3n) is 13.3. The maximum absolute atomic E-state index is 4.99. The number of imidazole rings is 1. The molecular weight excluding hydrogens is 615 g/mol. The Morgan fingerprint density at radius 1 is 0.569 bits per heavy atom. The third kappa shape index (κ3) is 4.15. The van der Waals surface area contributed by atoms with Crippen molar-refractivity contribution in [3.8, 4) is 39.1 Å². The average molecular weight is 659 g/mol. The molecule has 1 saturated heterocycles. The number of benzene rings is 6. The highest BCUT2D eigenvalue weighted by molar-refractivity contribution is 6.74. The summed E-state index contributed by atoms with van der Waals surface area (Å²) in [6.45, 7) is 12.6. The van der Waals surface area contributed by atoms with E-state index in [0.717, 1.165) is 29.0 Å². The lowest BCUT2D eigenvalue weighted by Crippen LogP contribution is -2.31. The zero-order valence-electron chi connectivity index (χ0n) is 30.3. The van der Waals surface area contributed by atoms with Gasteiger partial charge in [-0.1, -0.05) is 156 Å². The first-order chi connectivity index (χ1) is 24.7. The fraction of sp³-hybridized carbons (Fsp3) is 0.229. The SMILES string of the molecule is CCc1nc2ccccc2n1-c1cccc(-c2ccc3c(c2)C2(c4ccccc4-c4ccc(B5CC(C)(C)C(C)(C)C5)cc42)c2ccccc2-3)c1. The van der Waals surface area contributed by atoms with E-state index in [4.69, 9.17) is 4.98 Å². The Kier molecular flexibility index (Phi) is 6.42. The number of fused-ring (bicyclic) bond motifs is 11. The maximum atomic E-state index is 4.99. The molecule has 51 heavy (non-hydrogen) atoms. The Labute approximate surface area is 302 Å². The molecule has 0 saturated carbocycles. The van der Waals surface area contributed by atoms with Crippen LogP contribution >= 0.6 is 0 Å². The molecule has 248 valence electrons. The van der Waals surface area contributed by atoms with E-state index in [1.807, 2.05) is 0 Å². The summed E-state index contributed by atoms with van der Waals surface area (Å²) in [4.78, 5) is 4.99. The molecule has 3 heteroatoms. The predicted octanol–water partition coefficient (Wildman–Crippen LogP) is 11.4. The normalized spacial score (nSPS) is 19.0. The zero-order chi connectivity index (χ0) is 34.7. The second-order valence-electron chi connectivity index (χ2n) is 16.5. The van der Waals surface area contributed by atoms with Crippen molar-refractivity contribution in [2.75, 3.05) is 0 Å². The van der Waals surface area contributed by atoms with Crippen LogP contribution in [0.1, 0.15) is 62.7 Å². The van der Waals surface area contributed by atoms with Crippen molar-refractivity contribution in [3.05, 3.63) is 162 Å². The van der Waals surface area contributed by atoms with Crippen LogP contribution in [0.15, 0.2) is 133 Å². The molecule has 7 aromatic rings. The van der Waals surface area contributed by atoms with Gasteiger partial charge in [0.2, 0.25) is 0 Å². The fourth-order valence-electron chi connectivity index (χ4n) is 10.1. The molecule has 0 radical (unpaired) electrons. The van der Waals surface area contributed by atoms with Crippen LogP contribution < -0.4 is 5.46 Å². The van der Waals surface area contributed by atoms with Crippen LogP contribution in [0.2, 0.25) is 12.6 Å². The molecule has 1 atom stereocenters. The van der Waals surface area contributed by atoms with E-state index < -0.39 is 0 Å². The van der Waals surface area contributed by atoms with Gasteiger partial charge in [-0.15, -0.1) is 0 Å². The van der Waals surface area contributed by atoms with Crippen LogP contribution in [0, 0.1) is 10.8 Å². The summed E-state index contributed by atoms with van der Waals surface area (Å²) in [5.74, 6) is 1.08. The van der Waals surface area contributed by atoms with Crippen molar-refractivity contribution in [2.45, 2.75) is 59.1 Å². The van der Waals surface area contributed by atoms with E-state index in [9.17, 15) is 0 Å². The molecule has 1 fully saturated rings. The number of rotatable bonds is 4. The maximum Gasteiger partial charge on any atom is 0.176 e. The van der Waals surface area contributed by atoms with Gasteiger partial charge >= 0.3 is 0 Å². The second kappa shape index (κ2) is 10.7. The summed E-state index contributed by atoms with van der Waals surface area (Å²) < 4.78 is 2.33. The Bertz CT molecular complexity index is 2520. The highest BCUT2D eigenvalue weighted by atomic mass is 15.1. The lowest BCUT2D eigenvalue weighted by Gasteiger charge is -2.35. The van der Waals surface area contributed by atoms with Crippen molar-refractivity contribution < 1.29 is 0 Å². The van der Waals surface area contributed by atoms with Crippen LogP contribution in [0.4, 0.5) is 0 Å². The lowest BCUT2D eigenvalue weighted by atomic mass is 9.42. The van der Waals surface area contributed by atoms with E-state index in [-0.39, 0.29) is 5.41 Å². The Morgan fingerprint density at radius 3 is 1.86 bits per heavy atom. The van der Waals surface area contributed by atoms with Crippen molar-refractivity contribution in [2.24, 2.45) is 10.8 Å². The number of hydrogen-bond acceptors (Lipinski definition) is 1. The smallest absolute Gasteiger partial charge is 0.176 e. The summed E-state index contributed by atoms with van der Waals surface area (Å²) >= 11 is 0. The van der Waals surface area contributed by atoms with E-state index in [0.29, 0.717) is 17.5 Å². The van der Waals surface area contributed by atoms with Gasteiger partial charge in [-0.2, -0.15) is 0 Å². The van der Waals surface area contributed by atoms with Gasteiger partial charge in [-0.3, -0.25) is 4.57 Å². The molecule has 2 nitrogen and oxygen atoms in total. The predicted molar refractivity (Wildman–Crippen MR) is 215 cm³/mol. The van der Waals surface area contributed by atoms with Gasteiger partial charge in [0.1, 0.15) is 5.82 Å². The molecule has 1 aliphatic heterocycles. The fourth-order valence-corrected chi connectivity index (χ4v) is 10.1. The number of aromatic nitrogens is 2. The van der Waals surface area contributed by atoms with Gasteiger partial charge in [0.25, 0.3) is 0 Å². The van der Waals surface area contributed by atoms with Crippen LogP contribution in [-0.2, 0) is 11.8 Å². The molecule has 2 aliphatic carbocycles. The molecule has 1 unspecified atom stereocenters. The van der Waals surface area contributed by atoms with Crippen LogP contribution in [-0.4, -0.2) is 16.3 Å². The Hall–Kier alpha value is -5.15. The van der Waals surface area contributed by atoms with Gasteiger partial charge in [0.05, 0.1) is 16.4 Å². The first-order valence-corrected chi connectivity index (χ1v) is 18.8. The summed E-state index contributed by atoms with van der Waals surface area (Å²) in [7, 11) is 0. The summed E-state index contributed by atoms with van der Waals surface area (Å²) in [5, 5.41) is 0. The minimum Gasteiger partial charge on any atom is -0.296 e. The molecule has 6 aromatic carbocycles. The standard InChI is InChI=1S/C48H43BN2/c1-6-45-50-43-20-11-12-21-44(43)51(45)34-15-13-14-31(26-34)32-22-24-37-35-16-7-9-18-39(35)48(41(37)27-32)40-19-10-8-17-36(40)38-25-23-33(28-42(38)48)49-29-46(2,3)47(4,5)30-49/h7-28H,6,29-30H2,1-5H3. The van der Waals surface area contributed by atoms with E-state index in [1.54, 1.807) is 0 Å². The highest BCUT2D eigenvalue weighted by Gasteiger charge is 2.53.